The Labute approximate surface area is 107 Å². The number of rotatable bonds is 2. The van der Waals surface area contributed by atoms with Crippen LogP contribution >= 0.6 is 0 Å². The van der Waals surface area contributed by atoms with Crippen molar-refractivity contribution >= 4 is 0 Å². The normalized spacial score (nSPS) is 20.9. The van der Waals surface area contributed by atoms with Gasteiger partial charge in [0.15, 0.2) is 11.5 Å². The van der Waals surface area contributed by atoms with Crippen LogP contribution in [0.1, 0.15) is 31.2 Å². The molecule has 1 heterocycles. The van der Waals surface area contributed by atoms with E-state index in [4.69, 9.17) is 15.2 Å². The first-order chi connectivity index (χ1) is 8.77. The molecule has 0 unspecified atom stereocenters. The third-order valence-electron chi connectivity index (χ3n) is 4.21. The second-order valence-corrected chi connectivity index (χ2v) is 5.18. The van der Waals surface area contributed by atoms with Gasteiger partial charge in [-0.3, -0.25) is 0 Å². The van der Waals surface area contributed by atoms with E-state index in [1.54, 1.807) is 0 Å². The van der Waals surface area contributed by atoms with Crippen LogP contribution in [0.3, 0.4) is 0 Å². The van der Waals surface area contributed by atoms with Crippen LogP contribution in [0.25, 0.3) is 0 Å². The number of phenolic OH excluding ortho intramolecular Hbond substituents is 1. The fourth-order valence-electron chi connectivity index (χ4n) is 3.16. The summed E-state index contributed by atoms with van der Waals surface area (Å²) in [5.41, 5.74) is 6.80. The Morgan fingerprint density at radius 1 is 1.17 bits per heavy atom. The van der Waals surface area contributed by atoms with E-state index in [-0.39, 0.29) is 11.2 Å². The molecular formula is C14H19NO3. The number of benzene rings is 1. The standard InChI is InChI=1S/C14H19NO3/c15-9-14(5-1-2-6-14)10-3-4-11-13(12(10)16)18-8-7-17-11/h3-4,16H,1-2,5-9,15H2. The molecule has 4 nitrogen and oxygen atoms in total. The molecule has 1 aliphatic heterocycles. The first-order valence-corrected chi connectivity index (χ1v) is 6.59. The van der Waals surface area contributed by atoms with Crippen LogP contribution in [0, 0.1) is 0 Å². The topological polar surface area (TPSA) is 64.7 Å². The fourth-order valence-corrected chi connectivity index (χ4v) is 3.16. The van der Waals surface area contributed by atoms with Crippen molar-refractivity contribution in [3.8, 4) is 17.2 Å². The molecule has 0 saturated heterocycles. The molecule has 18 heavy (non-hydrogen) atoms. The molecule has 0 atom stereocenters. The van der Waals surface area contributed by atoms with E-state index in [2.05, 4.69) is 0 Å². The van der Waals surface area contributed by atoms with Crippen LogP contribution in [-0.4, -0.2) is 24.9 Å². The van der Waals surface area contributed by atoms with Crippen molar-refractivity contribution < 1.29 is 14.6 Å². The molecule has 1 fully saturated rings. The van der Waals surface area contributed by atoms with Gasteiger partial charge in [-0.05, 0) is 18.9 Å². The summed E-state index contributed by atoms with van der Waals surface area (Å²) in [7, 11) is 0. The van der Waals surface area contributed by atoms with Crippen LogP contribution in [-0.2, 0) is 5.41 Å². The third-order valence-corrected chi connectivity index (χ3v) is 4.21. The molecule has 1 aromatic carbocycles. The van der Waals surface area contributed by atoms with Gasteiger partial charge in [0.05, 0.1) is 0 Å². The van der Waals surface area contributed by atoms with E-state index in [0.29, 0.717) is 31.3 Å². The van der Waals surface area contributed by atoms with Gasteiger partial charge >= 0.3 is 0 Å². The molecule has 0 spiro atoms. The van der Waals surface area contributed by atoms with Gasteiger partial charge in [-0.25, -0.2) is 0 Å². The van der Waals surface area contributed by atoms with Gasteiger partial charge in [0.1, 0.15) is 13.2 Å². The van der Waals surface area contributed by atoms with Gasteiger partial charge in [0, 0.05) is 17.5 Å². The van der Waals surface area contributed by atoms with Crippen LogP contribution in [0.15, 0.2) is 12.1 Å². The van der Waals surface area contributed by atoms with Crippen molar-refractivity contribution in [1.82, 2.24) is 0 Å². The maximum Gasteiger partial charge on any atom is 0.203 e. The van der Waals surface area contributed by atoms with Crippen molar-refractivity contribution in [3.05, 3.63) is 17.7 Å². The summed E-state index contributed by atoms with van der Waals surface area (Å²) in [5, 5.41) is 10.4. The molecule has 1 aromatic rings. The lowest BCUT2D eigenvalue weighted by molar-refractivity contribution is 0.164. The van der Waals surface area contributed by atoms with Gasteiger partial charge in [-0.1, -0.05) is 18.9 Å². The number of phenols is 1. The lowest BCUT2D eigenvalue weighted by atomic mass is 9.78. The van der Waals surface area contributed by atoms with E-state index in [1.807, 2.05) is 12.1 Å². The highest BCUT2D eigenvalue weighted by Gasteiger charge is 2.38. The molecule has 3 N–H and O–H groups in total. The van der Waals surface area contributed by atoms with E-state index < -0.39 is 0 Å². The Morgan fingerprint density at radius 2 is 1.89 bits per heavy atom. The number of aromatic hydroxyl groups is 1. The van der Waals surface area contributed by atoms with E-state index in [9.17, 15) is 5.11 Å². The average Bonchev–Trinajstić information content (AvgIpc) is 2.89. The van der Waals surface area contributed by atoms with Gasteiger partial charge in [0.25, 0.3) is 0 Å². The Balaban J connectivity index is 2.07. The minimum Gasteiger partial charge on any atom is -0.504 e. The van der Waals surface area contributed by atoms with Crippen molar-refractivity contribution in [3.63, 3.8) is 0 Å². The Kier molecular flexibility index (Phi) is 2.82. The molecule has 0 amide bonds. The van der Waals surface area contributed by atoms with Crippen LogP contribution in [0.5, 0.6) is 17.2 Å². The summed E-state index contributed by atoms with van der Waals surface area (Å²) in [6, 6.07) is 3.83. The maximum atomic E-state index is 10.4. The van der Waals surface area contributed by atoms with Gasteiger partial charge in [-0.15, -0.1) is 0 Å². The van der Waals surface area contributed by atoms with Gasteiger partial charge in [0.2, 0.25) is 5.75 Å². The van der Waals surface area contributed by atoms with Crippen LogP contribution in [0.2, 0.25) is 0 Å². The molecule has 0 radical (unpaired) electrons. The van der Waals surface area contributed by atoms with E-state index in [0.717, 1.165) is 18.4 Å². The minimum absolute atomic E-state index is 0.0834. The number of hydrogen-bond acceptors (Lipinski definition) is 4. The number of fused-ring (bicyclic) bond motifs is 1. The molecule has 1 saturated carbocycles. The lowest BCUT2D eigenvalue weighted by Gasteiger charge is -2.30. The molecule has 2 aliphatic rings. The summed E-state index contributed by atoms with van der Waals surface area (Å²) in [5.74, 6) is 1.34. The first kappa shape index (κ1) is 11.7. The molecule has 3 rings (SSSR count). The SMILES string of the molecule is NCC1(c2ccc3c(c2O)OCCO3)CCCC1. The Morgan fingerprint density at radius 3 is 2.61 bits per heavy atom. The summed E-state index contributed by atoms with van der Waals surface area (Å²) >= 11 is 0. The maximum absolute atomic E-state index is 10.4. The quantitative estimate of drug-likeness (QED) is 0.840. The summed E-state index contributed by atoms with van der Waals surface area (Å²) in [4.78, 5) is 0. The van der Waals surface area contributed by atoms with E-state index in [1.165, 1.54) is 12.8 Å². The Bertz CT molecular complexity index is 453. The highest BCUT2D eigenvalue weighted by molar-refractivity contribution is 5.58. The number of ether oxygens (including phenoxy) is 2. The minimum atomic E-state index is -0.0834. The Hall–Kier alpha value is -1.42. The van der Waals surface area contributed by atoms with Crippen molar-refractivity contribution in [2.24, 2.45) is 5.73 Å². The molecule has 4 heteroatoms. The third kappa shape index (κ3) is 1.63. The number of nitrogens with two attached hydrogens (primary N) is 1. The predicted molar refractivity (Wildman–Crippen MR) is 68.3 cm³/mol. The van der Waals surface area contributed by atoms with Gasteiger partial charge < -0.3 is 20.3 Å². The number of hydrogen-bond donors (Lipinski definition) is 2. The molecule has 0 bridgehead atoms. The summed E-state index contributed by atoms with van der Waals surface area (Å²) in [6.45, 7) is 1.59. The lowest BCUT2D eigenvalue weighted by Crippen LogP contribution is -2.32. The van der Waals surface area contributed by atoms with E-state index >= 15 is 0 Å². The second kappa shape index (κ2) is 4.35. The zero-order chi connectivity index (χ0) is 12.6. The zero-order valence-electron chi connectivity index (χ0n) is 10.4. The first-order valence-electron chi connectivity index (χ1n) is 6.59. The fraction of sp³-hybridized carbons (Fsp3) is 0.571. The smallest absolute Gasteiger partial charge is 0.203 e. The second-order valence-electron chi connectivity index (χ2n) is 5.18. The van der Waals surface area contributed by atoms with Crippen LogP contribution < -0.4 is 15.2 Å². The molecule has 1 aliphatic carbocycles. The monoisotopic (exact) mass is 249 g/mol. The zero-order valence-corrected chi connectivity index (χ0v) is 10.4. The molecule has 0 aromatic heterocycles. The summed E-state index contributed by atoms with van der Waals surface area (Å²) in [6.07, 6.45) is 4.42. The highest BCUT2D eigenvalue weighted by atomic mass is 16.6. The molecular weight excluding hydrogens is 230 g/mol. The predicted octanol–water partition coefficient (Wildman–Crippen LogP) is 1.93. The highest BCUT2D eigenvalue weighted by Crippen LogP contribution is 2.49. The molecule has 98 valence electrons. The van der Waals surface area contributed by atoms with Crippen molar-refractivity contribution in [1.29, 1.82) is 0 Å². The van der Waals surface area contributed by atoms with Crippen LogP contribution in [0.4, 0.5) is 0 Å². The largest absolute Gasteiger partial charge is 0.504 e. The average molecular weight is 249 g/mol. The van der Waals surface area contributed by atoms with Crippen molar-refractivity contribution in [2.45, 2.75) is 31.1 Å². The van der Waals surface area contributed by atoms with Gasteiger partial charge in [-0.2, -0.15) is 0 Å². The van der Waals surface area contributed by atoms with Crippen molar-refractivity contribution in [2.75, 3.05) is 19.8 Å². The summed E-state index contributed by atoms with van der Waals surface area (Å²) < 4.78 is 11.0.